The van der Waals surface area contributed by atoms with E-state index in [1.165, 1.54) is 0 Å². The fraction of sp³-hybridized carbons (Fsp3) is 0.241. The summed E-state index contributed by atoms with van der Waals surface area (Å²) in [7, 11) is 1.97. The molecule has 36 heavy (non-hydrogen) atoms. The van der Waals surface area contributed by atoms with Crippen LogP contribution in [0.25, 0.3) is 22.3 Å². The Morgan fingerprint density at radius 3 is 2.44 bits per heavy atom. The number of para-hydroxylation sites is 2. The summed E-state index contributed by atoms with van der Waals surface area (Å²) in [5.74, 6) is -0.991. The van der Waals surface area contributed by atoms with Crippen LogP contribution in [0.3, 0.4) is 0 Å². The molecule has 0 amide bonds. The summed E-state index contributed by atoms with van der Waals surface area (Å²) in [6.45, 7) is 2.41. The van der Waals surface area contributed by atoms with Gasteiger partial charge >= 0.3 is 5.97 Å². The van der Waals surface area contributed by atoms with Crippen molar-refractivity contribution in [2.75, 3.05) is 20.2 Å². The molecule has 2 heterocycles. The van der Waals surface area contributed by atoms with E-state index in [9.17, 15) is 10.1 Å². The molecule has 1 fully saturated rings. The van der Waals surface area contributed by atoms with Crippen LogP contribution in [0, 0.1) is 16.7 Å². The second kappa shape index (κ2) is 8.22. The maximum absolute atomic E-state index is 14.1. The number of nitriles is 1. The first-order valence-electron chi connectivity index (χ1n) is 11.9. The molecule has 0 N–H and O–H groups in total. The molecule has 3 aromatic carbocycles. The zero-order valence-electron chi connectivity index (χ0n) is 19.9. The lowest BCUT2D eigenvalue weighted by Crippen LogP contribution is -2.55. The number of ether oxygens (including phenoxy) is 1. The van der Waals surface area contributed by atoms with Crippen molar-refractivity contribution in [2.45, 2.75) is 18.4 Å². The molecule has 0 saturated carbocycles. The predicted molar refractivity (Wildman–Crippen MR) is 140 cm³/mol. The number of esters is 1. The van der Waals surface area contributed by atoms with Crippen LogP contribution in [0.4, 0.5) is 0 Å². The van der Waals surface area contributed by atoms with Gasteiger partial charge in [-0.05, 0) is 49.4 Å². The minimum Gasteiger partial charge on any atom is -0.465 e. The Labute approximate surface area is 217 Å². The van der Waals surface area contributed by atoms with Crippen molar-refractivity contribution < 1.29 is 9.53 Å². The molecule has 1 aliphatic carbocycles. The van der Waals surface area contributed by atoms with Gasteiger partial charge in [-0.3, -0.25) is 9.69 Å². The Morgan fingerprint density at radius 2 is 1.75 bits per heavy atom. The van der Waals surface area contributed by atoms with Gasteiger partial charge in [0.25, 0.3) is 0 Å². The van der Waals surface area contributed by atoms with Gasteiger partial charge in [0.2, 0.25) is 0 Å². The highest BCUT2D eigenvalue weighted by Gasteiger charge is 2.74. The number of hydrogen-bond acceptors (Lipinski definition) is 6. The van der Waals surface area contributed by atoms with Gasteiger partial charge in [-0.15, -0.1) is 0 Å². The standard InChI is InChI=1S/C29H23BrN4O2/c1-3-36-27(35)28(17-31)22(18-12-14-19(30)15-13-18)16-34(2)29(28)21-9-5-4-8-20(21)25-26(29)33-24-11-7-6-10-23(24)32-25/h4-15,22H,3,16H2,1-2H3/t22-,28+,29-/m1/s1. The van der Waals surface area contributed by atoms with Gasteiger partial charge in [0.15, 0.2) is 5.41 Å². The summed E-state index contributed by atoms with van der Waals surface area (Å²) in [5.41, 5.74) is 2.70. The number of carbonyl (C=O) groups is 1. The van der Waals surface area contributed by atoms with E-state index >= 15 is 0 Å². The van der Waals surface area contributed by atoms with E-state index in [1.807, 2.05) is 79.8 Å². The third-order valence-electron chi connectivity index (χ3n) is 7.65. The molecule has 6 nitrogen and oxygen atoms in total. The molecule has 1 spiro atoms. The minimum atomic E-state index is -1.59. The molecule has 0 bridgehead atoms. The minimum absolute atomic E-state index is 0.174. The molecule has 1 saturated heterocycles. The molecular formula is C29H23BrN4O2. The summed E-state index contributed by atoms with van der Waals surface area (Å²) in [5, 5.41) is 11.1. The number of carbonyl (C=O) groups excluding carboxylic acids is 1. The van der Waals surface area contributed by atoms with Crippen molar-refractivity contribution in [3.8, 4) is 17.3 Å². The predicted octanol–water partition coefficient (Wildman–Crippen LogP) is 5.42. The van der Waals surface area contributed by atoms with Crippen LogP contribution in [0.2, 0.25) is 0 Å². The maximum atomic E-state index is 14.1. The van der Waals surface area contributed by atoms with Crippen molar-refractivity contribution >= 4 is 32.9 Å². The summed E-state index contributed by atoms with van der Waals surface area (Å²) in [4.78, 5) is 26.3. The van der Waals surface area contributed by atoms with Crippen LogP contribution in [0.5, 0.6) is 0 Å². The second-order valence-corrected chi connectivity index (χ2v) is 10.2. The lowest BCUT2D eigenvalue weighted by molar-refractivity contribution is -0.156. The van der Waals surface area contributed by atoms with Gasteiger partial charge in [0.05, 0.1) is 35.1 Å². The average molecular weight is 539 g/mol. The number of aromatic nitrogens is 2. The first-order valence-corrected chi connectivity index (χ1v) is 12.7. The first-order chi connectivity index (χ1) is 17.5. The average Bonchev–Trinajstić information content (AvgIpc) is 3.34. The van der Waals surface area contributed by atoms with Crippen LogP contribution < -0.4 is 0 Å². The molecule has 0 unspecified atom stereocenters. The molecule has 178 valence electrons. The molecule has 6 rings (SSSR count). The van der Waals surface area contributed by atoms with E-state index in [-0.39, 0.29) is 6.61 Å². The zero-order valence-corrected chi connectivity index (χ0v) is 21.5. The molecule has 1 aromatic heterocycles. The van der Waals surface area contributed by atoms with Gasteiger partial charge in [0.1, 0.15) is 5.54 Å². The SMILES string of the molecule is CCOC(=O)[C@]1(C#N)[C@@H](c2ccc(Br)cc2)CN(C)[C@@]12c1ccccc1-c1nc3ccccc3nc12. The van der Waals surface area contributed by atoms with Crippen molar-refractivity contribution in [3.05, 3.63) is 94.1 Å². The Balaban J connectivity index is 1.74. The highest BCUT2D eigenvalue weighted by atomic mass is 79.9. The van der Waals surface area contributed by atoms with E-state index in [0.29, 0.717) is 17.9 Å². The molecule has 3 atom stereocenters. The number of hydrogen-bond donors (Lipinski definition) is 0. The van der Waals surface area contributed by atoms with Crippen LogP contribution in [-0.2, 0) is 15.1 Å². The fourth-order valence-electron chi connectivity index (χ4n) is 6.25. The summed E-state index contributed by atoms with van der Waals surface area (Å²) in [6, 6.07) is 26.0. The Bertz CT molecular complexity index is 1560. The highest BCUT2D eigenvalue weighted by Crippen LogP contribution is 2.66. The van der Waals surface area contributed by atoms with Crippen molar-refractivity contribution in [1.82, 2.24) is 14.9 Å². The largest absolute Gasteiger partial charge is 0.465 e. The van der Waals surface area contributed by atoms with Gasteiger partial charge in [0, 0.05) is 22.5 Å². The maximum Gasteiger partial charge on any atom is 0.329 e. The third-order valence-corrected chi connectivity index (χ3v) is 8.18. The lowest BCUT2D eigenvalue weighted by Gasteiger charge is -2.42. The van der Waals surface area contributed by atoms with Crippen LogP contribution in [0.15, 0.2) is 77.3 Å². The highest BCUT2D eigenvalue weighted by molar-refractivity contribution is 9.10. The second-order valence-electron chi connectivity index (χ2n) is 9.29. The van der Waals surface area contributed by atoms with Crippen molar-refractivity contribution in [1.29, 1.82) is 5.26 Å². The monoisotopic (exact) mass is 538 g/mol. The van der Waals surface area contributed by atoms with E-state index in [1.54, 1.807) is 6.92 Å². The molecule has 0 radical (unpaired) electrons. The third kappa shape index (κ3) is 2.77. The molecule has 1 aliphatic heterocycles. The van der Waals surface area contributed by atoms with E-state index in [4.69, 9.17) is 14.7 Å². The van der Waals surface area contributed by atoms with Gasteiger partial charge in [-0.1, -0.05) is 64.5 Å². The summed E-state index contributed by atoms with van der Waals surface area (Å²) < 4.78 is 6.63. The molecule has 2 aliphatic rings. The zero-order chi connectivity index (χ0) is 25.1. The summed E-state index contributed by atoms with van der Waals surface area (Å²) >= 11 is 3.51. The van der Waals surface area contributed by atoms with Crippen LogP contribution in [0.1, 0.15) is 29.7 Å². The number of likely N-dealkylation sites (tertiary alicyclic amines) is 1. The number of rotatable bonds is 3. The quantitative estimate of drug-likeness (QED) is 0.324. The Kier molecular flexibility index (Phi) is 5.22. The lowest BCUT2D eigenvalue weighted by atomic mass is 9.61. The number of likely N-dealkylation sites (N-methyl/N-ethyl adjacent to an activating group) is 1. The van der Waals surface area contributed by atoms with Crippen molar-refractivity contribution in [3.63, 3.8) is 0 Å². The van der Waals surface area contributed by atoms with Gasteiger partial charge < -0.3 is 4.74 Å². The number of benzene rings is 3. The van der Waals surface area contributed by atoms with E-state index < -0.39 is 22.8 Å². The molecule has 4 aromatic rings. The number of nitrogens with zero attached hydrogens (tertiary/aromatic N) is 4. The van der Waals surface area contributed by atoms with E-state index in [0.717, 1.165) is 32.2 Å². The molecule has 7 heteroatoms. The summed E-state index contributed by atoms with van der Waals surface area (Å²) in [6.07, 6.45) is 0. The Morgan fingerprint density at radius 1 is 1.08 bits per heavy atom. The van der Waals surface area contributed by atoms with Gasteiger partial charge in [-0.2, -0.15) is 5.26 Å². The topological polar surface area (TPSA) is 79.1 Å². The fourth-order valence-corrected chi connectivity index (χ4v) is 6.51. The number of fused-ring (bicyclic) bond motifs is 6. The number of halogens is 1. The first kappa shape index (κ1) is 22.8. The van der Waals surface area contributed by atoms with Gasteiger partial charge in [-0.25, -0.2) is 9.97 Å². The van der Waals surface area contributed by atoms with Crippen LogP contribution in [-0.4, -0.2) is 41.0 Å². The molecular weight excluding hydrogens is 516 g/mol. The normalized spacial score (nSPS) is 24.4. The van der Waals surface area contributed by atoms with Crippen molar-refractivity contribution in [2.24, 2.45) is 5.41 Å². The Hall–Kier alpha value is -3.60. The smallest absolute Gasteiger partial charge is 0.329 e. The van der Waals surface area contributed by atoms with Crippen LogP contribution >= 0.6 is 15.9 Å². The van der Waals surface area contributed by atoms with E-state index in [2.05, 4.69) is 26.9 Å².